The van der Waals surface area contributed by atoms with E-state index in [1.807, 2.05) is 40.7 Å². The number of carbonyl (C=O) groups is 1. The van der Waals surface area contributed by atoms with Gasteiger partial charge in [-0.25, -0.2) is 0 Å². The first kappa shape index (κ1) is 18.6. The molecule has 0 bridgehead atoms. The summed E-state index contributed by atoms with van der Waals surface area (Å²) in [6.07, 6.45) is 6.48. The fraction of sp³-hybridized carbons (Fsp3) is 0.400. The molecule has 1 atom stereocenters. The van der Waals surface area contributed by atoms with Crippen molar-refractivity contribution in [2.75, 3.05) is 18.0 Å². The van der Waals surface area contributed by atoms with Crippen molar-refractivity contribution in [3.05, 3.63) is 47.7 Å². The molecule has 0 saturated carbocycles. The number of carbonyl (C=O) groups excluding carboxylic acids is 1. The minimum Gasteiger partial charge on any atom is -0.353 e. The first-order valence-corrected chi connectivity index (χ1v) is 10.4. The molecule has 4 heterocycles. The predicted molar refractivity (Wildman–Crippen MR) is 110 cm³/mol. The normalized spacial score (nSPS) is 16.7. The van der Waals surface area contributed by atoms with E-state index in [9.17, 15) is 4.79 Å². The Kier molecular flexibility index (Phi) is 5.38. The molecule has 7 nitrogen and oxygen atoms in total. The van der Waals surface area contributed by atoms with E-state index in [2.05, 4.69) is 39.4 Å². The number of amides is 1. The summed E-state index contributed by atoms with van der Waals surface area (Å²) in [5.41, 5.74) is 1.76. The summed E-state index contributed by atoms with van der Waals surface area (Å²) in [6.45, 7) is 6.85. The summed E-state index contributed by atoms with van der Waals surface area (Å²) < 4.78 is 1.96. The van der Waals surface area contributed by atoms with Crippen LogP contribution < -0.4 is 10.2 Å². The number of nitrogens with one attached hydrogen (secondary N) is 1. The lowest BCUT2D eigenvalue weighted by molar-refractivity contribution is 0.0941. The Balaban J connectivity index is 1.36. The van der Waals surface area contributed by atoms with Gasteiger partial charge in [-0.05, 0) is 30.5 Å². The van der Waals surface area contributed by atoms with Crippen LogP contribution in [-0.2, 0) is 6.54 Å². The average Bonchev–Trinajstić information content (AvgIpc) is 3.42. The fourth-order valence-corrected chi connectivity index (χ4v) is 4.25. The lowest BCUT2D eigenvalue weighted by Gasteiger charge is -2.16. The molecule has 146 valence electrons. The molecular formula is C20H24N6OS. The van der Waals surface area contributed by atoms with E-state index in [0.717, 1.165) is 42.3 Å². The second-order valence-corrected chi connectivity index (χ2v) is 8.44. The summed E-state index contributed by atoms with van der Waals surface area (Å²) in [7, 11) is 0. The molecular weight excluding hydrogens is 372 g/mol. The minimum absolute atomic E-state index is 0.0249. The molecule has 3 aromatic rings. The molecule has 28 heavy (non-hydrogen) atoms. The highest BCUT2D eigenvalue weighted by Gasteiger charge is 2.25. The van der Waals surface area contributed by atoms with Crippen LogP contribution in [0, 0.1) is 5.92 Å². The first-order valence-electron chi connectivity index (χ1n) is 9.53. The van der Waals surface area contributed by atoms with E-state index >= 15 is 0 Å². The number of aromatic nitrogens is 4. The van der Waals surface area contributed by atoms with Gasteiger partial charge in [-0.15, -0.1) is 16.4 Å². The van der Waals surface area contributed by atoms with Crippen molar-refractivity contribution < 1.29 is 4.79 Å². The summed E-state index contributed by atoms with van der Waals surface area (Å²) >= 11 is 1.58. The third-order valence-corrected chi connectivity index (χ3v) is 5.72. The van der Waals surface area contributed by atoms with E-state index in [1.54, 1.807) is 17.5 Å². The summed E-state index contributed by atoms with van der Waals surface area (Å²) in [5.74, 6) is 1.38. The summed E-state index contributed by atoms with van der Waals surface area (Å²) in [4.78, 5) is 15.9. The zero-order chi connectivity index (χ0) is 19.5. The van der Waals surface area contributed by atoms with Crippen LogP contribution in [-0.4, -0.2) is 45.0 Å². The van der Waals surface area contributed by atoms with Crippen LogP contribution in [0.15, 0.2) is 42.2 Å². The average molecular weight is 397 g/mol. The quantitative estimate of drug-likeness (QED) is 0.693. The molecule has 1 fully saturated rings. The Labute approximate surface area is 168 Å². The van der Waals surface area contributed by atoms with Crippen molar-refractivity contribution in [3.63, 3.8) is 0 Å². The molecule has 4 rings (SSSR count). The lowest BCUT2D eigenvalue weighted by Crippen LogP contribution is -2.37. The van der Waals surface area contributed by atoms with Gasteiger partial charge in [-0.2, -0.15) is 10.2 Å². The maximum atomic E-state index is 12.7. The monoisotopic (exact) mass is 396 g/mol. The van der Waals surface area contributed by atoms with E-state index in [1.165, 1.54) is 0 Å². The SMILES string of the molecule is CC(C)Cn1cc(-c2cc(C(=O)N[C@@H]3CCN(c4cccnn4)C3)cs2)cn1. The summed E-state index contributed by atoms with van der Waals surface area (Å²) in [6, 6.07) is 5.89. The fourth-order valence-electron chi connectivity index (χ4n) is 3.39. The van der Waals surface area contributed by atoms with Crippen molar-refractivity contribution in [3.8, 4) is 10.4 Å². The van der Waals surface area contributed by atoms with Crippen LogP contribution in [0.3, 0.4) is 0 Å². The Morgan fingerprint density at radius 2 is 2.32 bits per heavy atom. The van der Waals surface area contributed by atoms with Gasteiger partial charge in [0.2, 0.25) is 0 Å². The van der Waals surface area contributed by atoms with E-state index in [0.29, 0.717) is 11.5 Å². The zero-order valence-electron chi connectivity index (χ0n) is 16.1. The number of hydrogen-bond donors (Lipinski definition) is 1. The van der Waals surface area contributed by atoms with Gasteiger partial charge in [0.15, 0.2) is 5.82 Å². The second-order valence-electron chi connectivity index (χ2n) is 7.53. The van der Waals surface area contributed by atoms with Gasteiger partial charge in [-0.1, -0.05) is 13.8 Å². The Morgan fingerprint density at radius 3 is 3.11 bits per heavy atom. The molecule has 0 aromatic carbocycles. The highest BCUT2D eigenvalue weighted by molar-refractivity contribution is 7.13. The van der Waals surface area contributed by atoms with Gasteiger partial charge < -0.3 is 10.2 Å². The highest BCUT2D eigenvalue weighted by Crippen LogP contribution is 2.27. The van der Waals surface area contributed by atoms with Crippen molar-refractivity contribution in [1.29, 1.82) is 0 Å². The first-order chi connectivity index (χ1) is 13.6. The van der Waals surface area contributed by atoms with Crippen LogP contribution in [0.4, 0.5) is 5.82 Å². The van der Waals surface area contributed by atoms with Gasteiger partial charge in [0.05, 0.1) is 11.8 Å². The molecule has 1 amide bonds. The standard InChI is InChI=1S/C20H24N6OS/c1-14(2)10-26-11-16(9-22-26)18-8-15(13-28-18)20(27)23-17-5-7-25(12-17)19-4-3-6-21-24-19/h3-4,6,8-9,11,13-14,17H,5,7,10,12H2,1-2H3,(H,23,27)/t17-/m1/s1. The Bertz CT molecular complexity index is 935. The molecule has 1 N–H and O–H groups in total. The van der Waals surface area contributed by atoms with E-state index < -0.39 is 0 Å². The number of thiophene rings is 1. The highest BCUT2D eigenvalue weighted by atomic mass is 32.1. The lowest BCUT2D eigenvalue weighted by atomic mass is 10.2. The second kappa shape index (κ2) is 8.10. The number of anilines is 1. The van der Waals surface area contributed by atoms with Crippen LogP contribution in [0.1, 0.15) is 30.6 Å². The number of nitrogens with zero attached hydrogens (tertiary/aromatic N) is 5. The molecule has 0 aliphatic carbocycles. The van der Waals surface area contributed by atoms with Gasteiger partial charge in [-0.3, -0.25) is 9.48 Å². The predicted octanol–water partition coefficient (Wildman–Crippen LogP) is 3.07. The molecule has 0 spiro atoms. The van der Waals surface area contributed by atoms with Crippen molar-refractivity contribution in [1.82, 2.24) is 25.3 Å². The van der Waals surface area contributed by atoms with Crippen LogP contribution >= 0.6 is 11.3 Å². The molecule has 0 radical (unpaired) electrons. The molecule has 1 aliphatic rings. The minimum atomic E-state index is -0.0249. The molecule has 1 saturated heterocycles. The van der Waals surface area contributed by atoms with Crippen LogP contribution in [0.5, 0.6) is 0 Å². The van der Waals surface area contributed by atoms with E-state index in [-0.39, 0.29) is 11.9 Å². The topological polar surface area (TPSA) is 75.9 Å². The van der Waals surface area contributed by atoms with E-state index in [4.69, 9.17) is 0 Å². The molecule has 8 heteroatoms. The number of hydrogen-bond acceptors (Lipinski definition) is 6. The molecule has 0 unspecified atom stereocenters. The maximum Gasteiger partial charge on any atom is 0.252 e. The smallest absolute Gasteiger partial charge is 0.252 e. The van der Waals surface area contributed by atoms with Crippen molar-refractivity contribution in [2.24, 2.45) is 5.92 Å². The maximum absolute atomic E-state index is 12.7. The van der Waals surface area contributed by atoms with Crippen LogP contribution in [0.25, 0.3) is 10.4 Å². The van der Waals surface area contributed by atoms with Gasteiger partial charge >= 0.3 is 0 Å². The molecule has 3 aromatic heterocycles. The third kappa shape index (κ3) is 4.22. The van der Waals surface area contributed by atoms with Crippen molar-refractivity contribution >= 4 is 23.1 Å². The summed E-state index contributed by atoms with van der Waals surface area (Å²) in [5, 5.41) is 17.6. The third-order valence-electron chi connectivity index (χ3n) is 4.74. The number of rotatable bonds is 6. The Morgan fingerprint density at radius 1 is 1.43 bits per heavy atom. The Hall–Kier alpha value is -2.74. The van der Waals surface area contributed by atoms with Crippen molar-refractivity contribution in [2.45, 2.75) is 32.9 Å². The zero-order valence-corrected chi connectivity index (χ0v) is 16.9. The van der Waals surface area contributed by atoms with Gasteiger partial charge in [0, 0.05) is 53.9 Å². The molecule has 1 aliphatic heterocycles. The van der Waals surface area contributed by atoms with Gasteiger partial charge in [0.25, 0.3) is 5.91 Å². The largest absolute Gasteiger partial charge is 0.353 e. The van der Waals surface area contributed by atoms with Gasteiger partial charge in [0.1, 0.15) is 0 Å². The van der Waals surface area contributed by atoms with Crippen LogP contribution in [0.2, 0.25) is 0 Å².